The summed E-state index contributed by atoms with van der Waals surface area (Å²) in [5, 5.41) is 2.53. The standard InChI is InChI=1S/C23H21N3O4S2/c1-14-3-6-19(32-14)16-12-31-22-21(16)23(28)26(13-24-22)11-20(27)25(2)10-15-4-5-17-18(9-15)30-8-7-29-17/h3-6,9,12-13H,7-8,10-11H2,1-2H3. The Bertz CT molecular complexity index is 1370. The molecule has 32 heavy (non-hydrogen) atoms. The van der Waals surface area contributed by atoms with E-state index >= 15 is 0 Å². The molecule has 1 aliphatic heterocycles. The van der Waals surface area contributed by atoms with Crippen LogP contribution in [0.5, 0.6) is 11.5 Å². The Hall–Kier alpha value is -3.17. The van der Waals surface area contributed by atoms with Gasteiger partial charge in [-0.1, -0.05) is 6.07 Å². The first-order chi connectivity index (χ1) is 15.5. The molecule has 0 atom stereocenters. The van der Waals surface area contributed by atoms with Gasteiger partial charge in [-0.15, -0.1) is 22.7 Å². The lowest BCUT2D eigenvalue weighted by Crippen LogP contribution is -2.33. The van der Waals surface area contributed by atoms with E-state index in [9.17, 15) is 9.59 Å². The summed E-state index contributed by atoms with van der Waals surface area (Å²) in [7, 11) is 1.72. The molecule has 0 saturated heterocycles. The van der Waals surface area contributed by atoms with Crippen LogP contribution in [0.1, 0.15) is 10.4 Å². The van der Waals surface area contributed by atoms with E-state index in [0.29, 0.717) is 41.5 Å². The van der Waals surface area contributed by atoms with E-state index in [1.165, 1.54) is 27.1 Å². The van der Waals surface area contributed by atoms with Crippen LogP contribution >= 0.6 is 22.7 Å². The summed E-state index contributed by atoms with van der Waals surface area (Å²) in [5.41, 5.74) is 1.62. The molecule has 7 nitrogen and oxygen atoms in total. The second-order valence-electron chi connectivity index (χ2n) is 7.65. The second kappa shape index (κ2) is 8.40. The van der Waals surface area contributed by atoms with Crippen molar-refractivity contribution in [3.63, 3.8) is 0 Å². The molecule has 4 heterocycles. The molecular formula is C23H21N3O4S2. The Balaban J connectivity index is 1.36. The smallest absolute Gasteiger partial charge is 0.263 e. The number of amides is 1. The van der Waals surface area contributed by atoms with Gasteiger partial charge in [0.05, 0.1) is 11.7 Å². The van der Waals surface area contributed by atoms with Crippen LogP contribution in [0.25, 0.3) is 20.7 Å². The minimum atomic E-state index is -0.196. The normalized spacial score (nSPS) is 12.8. The van der Waals surface area contributed by atoms with E-state index in [0.717, 1.165) is 16.0 Å². The van der Waals surface area contributed by atoms with Gasteiger partial charge in [-0.2, -0.15) is 0 Å². The molecule has 1 aromatic carbocycles. The van der Waals surface area contributed by atoms with E-state index in [1.54, 1.807) is 23.3 Å². The van der Waals surface area contributed by atoms with Crippen molar-refractivity contribution in [2.24, 2.45) is 0 Å². The summed E-state index contributed by atoms with van der Waals surface area (Å²) < 4.78 is 12.6. The van der Waals surface area contributed by atoms with Crippen molar-refractivity contribution in [2.75, 3.05) is 20.3 Å². The van der Waals surface area contributed by atoms with Gasteiger partial charge in [0.15, 0.2) is 11.5 Å². The van der Waals surface area contributed by atoms with Gasteiger partial charge in [0.25, 0.3) is 5.56 Å². The minimum absolute atomic E-state index is 0.0679. The topological polar surface area (TPSA) is 73.7 Å². The number of carbonyl (C=O) groups is 1. The number of fused-ring (bicyclic) bond motifs is 2. The number of hydrogen-bond acceptors (Lipinski definition) is 7. The van der Waals surface area contributed by atoms with E-state index in [-0.39, 0.29) is 18.0 Å². The highest BCUT2D eigenvalue weighted by molar-refractivity contribution is 7.19. The molecule has 3 aromatic heterocycles. The van der Waals surface area contributed by atoms with Gasteiger partial charge in [0.2, 0.25) is 5.91 Å². The molecule has 9 heteroatoms. The SMILES string of the molecule is Cc1ccc(-c2csc3ncn(CC(=O)N(C)Cc4ccc5c(c4)OCCO5)c(=O)c23)s1. The third-order valence-electron chi connectivity index (χ3n) is 5.32. The van der Waals surface area contributed by atoms with Crippen molar-refractivity contribution in [3.8, 4) is 21.9 Å². The summed E-state index contributed by atoms with van der Waals surface area (Å²) in [6.07, 6.45) is 1.46. The molecule has 1 aliphatic rings. The molecule has 0 radical (unpaired) electrons. The lowest BCUT2D eigenvalue weighted by molar-refractivity contribution is -0.131. The predicted octanol–water partition coefficient (Wildman–Crippen LogP) is 3.92. The molecule has 4 aromatic rings. The largest absolute Gasteiger partial charge is 0.486 e. The lowest BCUT2D eigenvalue weighted by atomic mass is 10.2. The number of hydrogen-bond donors (Lipinski definition) is 0. The molecule has 0 bridgehead atoms. The van der Waals surface area contributed by atoms with Gasteiger partial charge >= 0.3 is 0 Å². The highest BCUT2D eigenvalue weighted by Crippen LogP contribution is 2.35. The highest BCUT2D eigenvalue weighted by Gasteiger charge is 2.18. The average Bonchev–Trinajstić information content (AvgIpc) is 3.42. The maximum atomic E-state index is 13.2. The van der Waals surface area contributed by atoms with Gasteiger partial charge < -0.3 is 14.4 Å². The maximum Gasteiger partial charge on any atom is 0.263 e. The number of benzene rings is 1. The first kappa shape index (κ1) is 20.7. The zero-order valence-electron chi connectivity index (χ0n) is 17.7. The Labute approximate surface area is 192 Å². The molecular weight excluding hydrogens is 446 g/mol. The van der Waals surface area contributed by atoms with Crippen molar-refractivity contribution in [3.05, 3.63) is 62.8 Å². The van der Waals surface area contributed by atoms with Gasteiger partial charge in [-0.25, -0.2) is 4.98 Å². The van der Waals surface area contributed by atoms with E-state index < -0.39 is 0 Å². The molecule has 0 aliphatic carbocycles. The van der Waals surface area contributed by atoms with Crippen LogP contribution in [0.4, 0.5) is 0 Å². The first-order valence-electron chi connectivity index (χ1n) is 10.2. The Morgan fingerprint density at radius 2 is 2.00 bits per heavy atom. The quantitative estimate of drug-likeness (QED) is 0.445. The van der Waals surface area contributed by atoms with Crippen molar-refractivity contribution in [2.45, 2.75) is 20.0 Å². The Kier molecular flexibility index (Phi) is 5.44. The van der Waals surface area contributed by atoms with E-state index in [2.05, 4.69) is 4.98 Å². The van der Waals surface area contributed by atoms with Crippen molar-refractivity contribution < 1.29 is 14.3 Å². The zero-order valence-corrected chi connectivity index (χ0v) is 19.3. The van der Waals surface area contributed by atoms with Crippen molar-refractivity contribution >= 4 is 38.8 Å². The number of likely N-dealkylation sites (N-methyl/N-ethyl adjacent to an activating group) is 1. The number of aryl methyl sites for hydroxylation is 1. The second-order valence-corrected chi connectivity index (χ2v) is 9.79. The fourth-order valence-corrected chi connectivity index (χ4v) is 5.52. The molecule has 164 valence electrons. The monoisotopic (exact) mass is 467 g/mol. The number of rotatable bonds is 5. The van der Waals surface area contributed by atoms with Crippen LogP contribution in [-0.4, -0.2) is 40.6 Å². The highest BCUT2D eigenvalue weighted by atomic mass is 32.1. The Morgan fingerprint density at radius 3 is 2.78 bits per heavy atom. The predicted molar refractivity (Wildman–Crippen MR) is 126 cm³/mol. The third kappa shape index (κ3) is 3.89. The molecule has 0 fully saturated rings. The van der Waals surface area contributed by atoms with E-state index in [1.807, 2.05) is 42.6 Å². The summed E-state index contributed by atoms with van der Waals surface area (Å²) in [6, 6.07) is 9.71. The number of thiophene rings is 2. The van der Waals surface area contributed by atoms with Crippen molar-refractivity contribution in [1.82, 2.24) is 14.5 Å². The van der Waals surface area contributed by atoms with Crippen LogP contribution in [0.15, 0.2) is 46.8 Å². The van der Waals surface area contributed by atoms with Crippen LogP contribution in [0, 0.1) is 6.92 Å². The molecule has 1 amide bonds. The van der Waals surface area contributed by atoms with Gasteiger partial charge in [0.1, 0.15) is 24.6 Å². The summed E-state index contributed by atoms with van der Waals surface area (Å²) >= 11 is 3.08. The average molecular weight is 468 g/mol. The number of nitrogens with zero attached hydrogens (tertiary/aromatic N) is 3. The molecule has 5 rings (SSSR count). The summed E-state index contributed by atoms with van der Waals surface area (Å²) in [5.74, 6) is 1.23. The van der Waals surface area contributed by atoms with Crippen LogP contribution in [0.2, 0.25) is 0 Å². The van der Waals surface area contributed by atoms with E-state index in [4.69, 9.17) is 9.47 Å². The third-order valence-corrected chi connectivity index (χ3v) is 7.24. The van der Waals surface area contributed by atoms with Gasteiger partial charge in [-0.3, -0.25) is 14.2 Å². The van der Waals surface area contributed by atoms with Gasteiger partial charge in [-0.05, 0) is 36.8 Å². The summed E-state index contributed by atoms with van der Waals surface area (Å²) in [6.45, 7) is 3.42. The van der Waals surface area contributed by atoms with Crippen LogP contribution in [0.3, 0.4) is 0 Å². The number of aromatic nitrogens is 2. The lowest BCUT2D eigenvalue weighted by Gasteiger charge is -2.21. The Morgan fingerprint density at radius 1 is 1.19 bits per heavy atom. The molecule has 0 saturated carbocycles. The van der Waals surface area contributed by atoms with Crippen molar-refractivity contribution in [1.29, 1.82) is 0 Å². The molecule has 0 N–H and O–H groups in total. The summed E-state index contributed by atoms with van der Waals surface area (Å²) in [4.78, 5) is 35.0. The van der Waals surface area contributed by atoms with Crippen LogP contribution in [-0.2, 0) is 17.9 Å². The minimum Gasteiger partial charge on any atom is -0.486 e. The number of ether oxygens (including phenoxy) is 2. The molecule has 0 spiro atoms. The van der Waals surface area contributed by atoms with Gasteiger partial charge in [0, 0.05) is 34.3 Å². The number of carbonyl (C=O) groups excluding carboxylic acids is 1. The maximum absolute atomic E-state index is 13.2. The zero-order chi connectivity index (χ0) is 22.2. The fourth-order valence-electron chi connectivity index (χ4n) is 3.66. The fraction of sp³-hybridized carbons (Fsp3) is 0.261. The first-order valence-corrected chi connectivity index (χ1v) is 11.8. The molecule has 0 unspecified atom stereocenters. The van der Waals surface area contributed by atoms with Crippen LogP contribution < -0.4 is 15.0 Å².